The van der Waals surface area contributed by atoms with E-state index in [1.54, 1.807) is 6.92 Å². The molecule has 1 saturated heterocycles. The van der Waals surface area contributed by atoms with E-state index >= 15 is 0 Å². The Bertz CT molecular complexity index is 568. The predicted octanol–water partition coefficient (Wildman–Crippen LogP) is 0.140. The van der Waals surface area contributed by atoms with E-state index in [9.17, 15) is 18.3 Å². The number of β-amino-alcohol motifs (C(OH)–C–C–N with tert-alkyl or cyclic N) is 1. The van der Waals surface area contributed by atoms with Gasteiger partial charge < -0.3 is 10.2 Å². The summed E-state index contributed by atoms with van der Waals surface area (Å²) in [4.78, 5) is 10.7. The summed E-state index contributed by atoms with van der Waals surface area (Å²) in [5.41, 5.74) is -0.946. The summed E-state index contributed by atoms with van der Waals surface area (Å²) in [6, 6.07) is 5.00. The number of hydrogen-bond donors (Lipinski definition) is 2. The Labute approximate surface area is 105 Å². The number of rotatable bonds is 3. The van der Waals surface area contributed by atoms with E-state index in [1.807, 2.05) is 0 Å². The van der Waals surface area contributed by atoms with Crippen LogP contribution in [0.2, 0.25) is 0 Å². The highest BCUT2D eigenvalue weighted by Crippen LogP contribution is 2.27. The lowest BCUT2D eigenvalue weighted by molar-refractivity contribution is -0.0426. The topological polar surface area (TPSA) is 94.9 Å². The number of sulfonamides is 1. The molecule has 0 aromatic heterocycles. The maximum atomic E-state index is 12.1. The molecule has 1 fully saturated rings. The van der Waals surface area contributed by atoms with Crippen molar-refractivity contribution >= 4 is 16.0 Å². The van der Waals surface area contributed by atoms with Crippen molar-refractivity contribution in [3.8, 4) is 0 Å². The molecule has 98 valence electrons. The van der Waals surface area contributed by atoms with Gasteiger partial charge in [0, 0.05) is 13.1 Å². The van der Waals surface area contributed by atoms with Crippen LogP contribution in [-0.2, 0) is 10.0 Å². The molecule has 1 aromatic rings. The van der Waals surface area contributed by atoms with Gasteiger partial charge >= 0.3 is 5.97 Å². The van der Waals surface area contributed by atoms with E-state index in [-0.39, 0.29) is 23.5 Å². The molecule has 2 N–H and O–H groups in total. The minimum atomic E-state index is -3.64. The summed E-state index contributed by atoms with van der Waals surface area (Å²) in [6.45, 7) is 1.67. The van der Waals surface area contributed by atoms with Crippen molar-refractivity contribution in [2.24, 2.45) is 0 Å². The normalized spacial score (nSPS) is 19.2. The van der Waals surface area contributed by atoms with Crippen LogP contribution in [0, 0.1) is 0 Å². The molecule has 0 bridgehead atoms. The molecular weight excluding hydrogens is 258 g/mol. The lowest BCUT2D eigenvalue weighted by Gasteiger charge is -2.42. The van der Waals surface area contributed by atoms with Gasteiger partial charge in [-0.3, -0.25) is 0 Å². The highest BCUT2D eigenvalue weighted by atomic mass is 32.2. The maximum Gasteiger partial charge on any atom is 0.335 e. The summed E-state index contributed by atoms with van der Waals surface area (Å²) >= 11 is 0. The lowest BCUT2D eigenvalue weighted by atomic mass is 10.0. The predicted molar refractivity (Wildman–Crippen MR) is 62.8 cm³/mol. The SMILES string of the molecule is CC1(O)CN(S(=O)(=O)c2ccc(C(=O)O)cc2)C1. The average molecular weight is 271 g/mol. The smallest absolute Gasteiger partial charge is 0.335 e. The fourth-order valence-electron chi connectivity index (χ4n) is 1.80. The number of carboxylic acids is 1. The lowest BCUT2D eigenvalue weighted by Crippen LogP contribution is -2.61. The van der Waals surface area contributed by atoms with Crippen LogP contribution >= 0.6 is 0 Å². The van der Waals surface area contributed by atoms with Gasteiger partial charge in [-0.2, -0.15) is 4.31 Å². The fourth-order valence-corrected chi connectivity index (χ4v) is 3.48. The van der Waals surface area contributed by atoms with Crippen LogP contribution < -0.4 is 0 Å². The van der Waals surface area contributed by atoms with Crippen LogP contribution in [0.5, 0.6) is 0 Å². The number of carboxylic acid groups (broad SMARTS) is 1. The standard InChI is InChI=1S/C11H13NO5S/c1-11(15)6-12(7-11)18(16,17)9-4-2-8(3-5-9)10(13)14/h2-5,15H,6-7H2,1H3,(H,13,14). The largest absolute Gasteiger partial charge is 0.478 e. The highest BCUT2D eigenvalue weighted by Gasteiger charge is 2.43. The molecular formula is C11H13NO5S. The molecule has 0 saturated carbocycles. The van der Waals surface area contributed by atoms with E-state index in [0.717, 1.165) is 4.31 Å². The number of carbonyl (C=O) groups is 1. The summed E-state index contributed by atoms with van der Waals surface area (Å²) in [6.07, 6.45) is 0. The Morgan fingerprint density at radius 1 is 1.28 bits per heavy atom. The fraction of sp³-hybridized carbons (Fsp3) is 0.364. The number of aliphatic hydroxyl groups is 1. The van der Waals surface area contributed by atoms with Crippen LogP contribution in [0.1, 0.15) is 17.3 Å². The van der Waals surface area contributed by atoms with E-state index in [0.29, 0.717) is 0 Å². The van der Waals surface area contributed by atoms with Crippen LogP contribution in [-0.4, -0.2) is 47.6 Å². The van der Waals surface area contributed by atoms with Crippen molar-refractivity contribution in [1.82, 2.24) is 4.31 Å². The second kappa shape index (κ2) is 4.04. The molecule has 2 rings (SSSR count). The molecule has 1 heterocycles. The van der Waals surface area contributed by atoms with Crippen molar-refractivity contribution in [1.29, 1.82) is 0 Å². The zero-order valence-corrected chi connectivity index (χ0v) is 10.5. The molecule has 0 spiro atoms. The quantitative estimate of drug-likeness (QED) is 0.815. The molecule has 0 aliphatic carbocycles. The molecule has 0 amide bonds. The number of hydrogen-bond acceptors (Lipinski definition) is 4. The molecule has 7 heteroatoms. The van der Waals surface area contributed by atoms with Crippen molar-refractivity contribution < 1.29 is 23.4 Å². The van der Waals surface area contributed by atoms with Crippen molar-refractivity contribution in [2.45, 2.75) is 17.4 Å². The van der Waals surface area contributed by atoms with Crippen LogP contribution in [0.3, 0.4) is 0 Å². The number of nitrogens with zero attached hydrogens (tertiary/aromatic N) is 1. The van der Waals surface area contributed by atoms with Gasteiger partial charge in [0.15, 0.2) is 0 Å². The Morgan fingerprint density at radius 3 is 2.17 bits per heavy atom. The molecule has 1 aliphatic rings. The van der Waals surface area contributed by atoms with Crippen molar-refractivity contribution in [2.75, 3.05) is 13.1 Å². The molecule has 1 aromatic carbocycles. The zero-order chi connectivity index (χ0) is 13.6. The van der Waals surface area contributed by atoms with Gasteiger partial charge in [0.05, 0.1) is 16.1 Å². The van der Waals surface area contributed by atoms with Gasteiger partial charge in [-0.15, -0.1) is 0 Å². The summed E-state index contributed by atoms with van der Waals surface area (Å²) in [7, 11) is -3.64. The van der Waals surface area contributed by atoms with Gasteiger partial charge in [-0.1, -0.05) is 0 Å². The van der Waals surface area contributed by atoms with Gasteiger partial charge in [-0.25, -0.2) is 13.2 Å². The number of aromatic carboxylic acids is 1. The summed E-state index contributed by atoms with van der Waals surface area (Å²) in [5, 5.41) is 18.2. The van der Waals surface area contributed by atoms with Crippen LogP contribution in [0.15, 0.2) is 29.2 Å². The molecule has 18 heavy (non-hydrogen) atoms. The third-order valence-electron chi connectivity index (χ3n) is 2.77. The number of benzene rings is 1. The van der Waals surface area contributed by atoms with Crippen LogP contribution in [0.4, 0.5) is 0 Å². The second-order valence-corrected chi connectivity index (χ2v) is 6.54. The average Bonchev–Trinajstić information content (AvgIpc) is 2.26. The van der Waals surface area contributed by atoms with E-state index in [2.05, 4.69) is 0 Å². The summed E-state index contributed by atoms with van der Waals surface area (Å²) in [5.74, 6) is -1.11. The second-order valence-electron chi connectivity index (χ2n) is 4.60. The third kappa shape index (κ3) is 2.24. The molecule has 0 atom stereocenters. The zero-order valence-electron chi connectivity index (χ0n) is 9.70. The molecule has 0 radical (unpaired) electrons. The van der Waals surface area contributed by atoms with Gasteiger partial charge in [0.2, 0.25) is 10.0 Å². The first-order chi connectivity index (χ1) is 8.22. The Balaban J connectivity index is 2.23. The van der Waals surface area contributed by atoms with Crippen LogP contribution in [0.25, 0.3) is 0 Å². The minimum absolute atomic E-state index is 0.0306. The van der Waals surface area contributed by atoms with Crippen molar-refractivity contribution in [3.63, 3.8) is 0 Å². The monoisotopic (exact) mass is 271 g/mol. The van der Waals surface area contributed by atoms with E-state index in [4.69, 9.17) is 5.11 Å². The first-order valence-corrected chi connectivity index (χ1v) is 6.72. The highest BCUT2D eigenvalue weighted by molar-refractivity contribution is 7.89. The first kappa shape index (κ1) is 13.0. The van der Waals surface area contributed by atoms with Crippen molar-refractivity contribution in [3.05, 3.63) is 29.8 Å². The molecule has 0 unspecified atom stereocenters. The first-order valence-electron chi connectivity index (χ1n) is 5.28. The Morgan fingerprint density at radius 2 is 1.78 bits per heavy atom. The Kier molecular flexibility index (Phi) is 2.92. The van der Waals surface area contributed by atoms with E-state index in [1.165, 1.54) is 24.3 Å². The summed E-state index contributed by atoms with van der Waals surface area (Å²) < 4.78 is 25.3. The minimum Gasteiger partial charge on any atom is -0.478 e. The maximum absolute atomic E-state index is 12.1. The molecule has 1 aliphatic heterocycles. The Hall–Kier alpha value is -1.44. The van der Waals surface area contributed by atoms with E-state index < -0.39 is 21.6 Å². The third-order valence-corrected chi connectivity index (χ3v) is 4.58. The van der Waals surface area contributed by atoms with Gasteiger partial charge in [-0.05, 0) is 31.2 Å². The van der Waals surface area contributed by atoms with Gasteiger partial charge in [0.1, 0.15) is 0 Å². The van der Waals surface area contributed by atoms with Gasteiger partial charge in [0.25, 0.3) is 0 Å². The molecule has 6 nitrogen and oxygen atoms in total.